The van der Waals surface area contributed by atoms with Crippen LogP contribution in [-0.2, 0) is 18.8 Å². The molecule has 0 spiro atoms. The molecule has 1 atom stereocenters. The van der Waals surface area contributed by atoms with E-state index in [0.29, 0.717) is 25.0 Å². The molecule has 0 radical (unpaired) electrons. The van der Waals surface area contributed by atoms with Crippen LogP contribution < -0.4 is 5.73 Å². The number of rotatable bonds is 5. The van der Waals surface area contributed by atoms with Gasteiger partial charge in [-0.1, -0.05) is 6.07 Å². The first-order valence-electron chi connectivity index (χ1n) is 8.88. The summed E-state index contributed by atoms with van der Waals surface area (Å²) in [5, 5.41) is 9.22. The number of aryl methyl sites for hydroxylation is 1. The SMILES string of the molecule is CC(N)(CO)CCc1ccc2oc(-c3cc(C(F)(F)F)cc(C(F)(F)F)c3)nc2c1. The van der Waals surface area contributed by atoms with Crippen molar-refractivity contribution in [3.63, 3.8) is 0 Å². The molecule has 0 amide bonds. The molecule has 0 bridgehead atoms. The zero-order chi connectivity index (χ0) is 22.3. The second-order valence-corrected chi connectivity index (χ2v) is 7.43. The van der Waals surface area contributed by atoms with Crippen LogP contribution in [0.4, 0.5) is 26.3 Å². The number of nitrogens with zero attached hydrogens (tertiary/aromatic N) is 1. The van der Waals surface area contributed by atoms with E-state index in [4.69, 9.17) is 10.2 Å². The van der Waals surface area contributed by atoms with E-state index in [1.54, 1.807) is 19.1 Å². The maximum absolute atomic E-state index is 13.1. The third-order valence-corrected chi connectivity index (χ3v) is 4.63. The van der Waals surface area contributed by atoms with Gasteiger partial charge in [0.1, 0.15) is 5.52 Å². The molecule has 1 aromatic heterocycles. The maximum atomic E-state index is 13.1. The lowest BCUT2D eigenvalue weighted by Crippen LogP contribution is -2.40. The molecule has 0 aliphatic rings. The van der Waals surface area contributed by atoms with Crippen LogP contribution in [0.15, 0.2) is 40.8 Å². The van der Waals surface area contributed by atoms with Gasteiger partial charge in [-0.05, 0) is 55.7 Å². The topological polar surface area (TPSA) is 72.3 Å². The monoisotopic (exact) mass is 432 g/mol. The molecule has 1 unspecified atom stereocenters. The first kappa shape index (κ1) is 22.1. The van der Waals surface area contributed by atoms with Gasteiger partial charge in [-0.2, -0.15) is 26.3 Å². The summed E-state index contributed by atoms with van der Waals surface area (Å²) >= 11 is 0. The Bertz CT molecular complexity index is 1020. The van der Waals surface area contributed by atoms with E-state index in [2.05, 4.69) is 4.98 Å². The fraction of sp³-hybridized carbons (Fsp3) is 0.350. The van der Waals surface area contributed by atoms with Crippen molar-refractivity contribution in [1.82, 2.24) is 4.98 Å². The standard InChI is InChI=1S/C20H18F6N2O2/c1-18(27,10-29)5-4-11-2-3-16-15(6-11)28-17(30-16)12-7-13(19(21,22)23)9-14(8-12)20(24,25)26/h2-3,6-9,29H,4-5,10,27H2,1H3. The number of aromatic nitrogens is 1. The summed E-state index contributed by atoms with van der Waals surface area (Å²) in [4.78, 5) is 4.07. The Morgan fingerprint density at radius 1 is 0.967 bits per heavy atom. The van der Waals surface area contributed by atoms with Crippen molar-refractivity contribution >= 4 is 11.1 Å². The van der Waals surface area contributed by atoms with Crippen molar-refractivity contribution in [2.75, 3.05) is 6.61 Å². The fourth-order valence-corrected chi connectivity index (χ4v) is 2.84. The van der Waals surface area contributed by atoms with E-state index in [1.807, 2.05) is 0 Å². The minimum absolute atomic E-state index is 0.0508. The quantitative estimate of drug-likeness (QED) is 0.546. The summed E-state index contributed by atoms with van der Waals surface area (Å²) in [5.41, 5.74) is 3.09. The second-order valence-electron chi connectivity index (χ2n) is 7.43. The van der Waals surface area contributed by atoms with Crippen LogP contribution >= 0.6 is 0 Å². The highest BCUT2D eigenvalue weighted by atomic mass is 19.4. The number of benzene rings is 2. The molecule has 1 heterocycles. The molecular weight excluding hydrogens is 414 g/mol. The van der Waals surface area contributed by atoms with Crippen LogP contribution in [0.25, 0.3) is 22.6 Å². The van der Waals surface area contributed by atoms with E-state index >= 15 is 0 Å². The number of aliphatic hydroxyl groups is 1. The smallest absolute Gasteiger partial charge is 0.416 e. The second kappa shape index (κ2) is 7.59. The Hall–Kier alpha value is -2.59. The van der Waals surface area contributed by atoms with Gasteiger partial charge >= 0.3 is 12.4 Å². The van der Waals surface area contributed by atoms with E-state index in [-0.39, 0.29) is 29.7 Å². The molecular formula is C20H18F6N2O2. The molecule has 4 nitrogen and oxygen atoms in total. The van der Waals surface area contributed by atoms with Crippen molar-refractivity contribution in [2.24, 2.45) is 5.73 Å². The minimum atomic E-state index is -4.96. The number of halogens is 6. The van der Waals surface area contributed by atoms with Gasteiger partial charge in [-0.3, -0.25) is 0 Å². The summed E-state index contributed by atoms with van der Waals surface area (Å²) < 4.78 is 83.8. The van der Waals surface area contributed by atoms with Gasteiger partial charge in [0, 0.05) is 11.1 Å². The summed E-state index contributed by atoms with van der Waals surface area (Å²) in [5.74, 6) is -0.349. The molecule has 0 saturated carbocycles. The predicted octanol–water partition coefficient (Wildman–Crippen LogP) is 5.17. The van der Waals surface area contributed by atoms with Gasteiger partial charge in [0.15, 0.2) is 5.58 Å². The number of oxazole rings is 1. The van der Waals surface area contributed by atoms with Crippen molar-refractivity contribution in [3.8, 4) is 11.5 Å². The van der Waals surface area contributed by atoms with Gasteiger partial charge in [0.05, 0.1) is 17.7 Å². The highest BCUT2D eigenvalue weighted by Gasteiger charge is 2.37. The van der Waals surface area contributed by atoms with Crippen molar-refractivity contribution in [2.45, 2.75) is 37.7 Å². The lowest BCUT2D eigenvalue weighted by atomic mass is 9.95. The van der Waals surface area contributed by atoms with Crippen molar-refractivity contribution < 1.29 is 35.9 Å². The lowest BCUT2D eigenvalue weighted by molar-refractivity contribution is -0.143. The molecule has 0 aliphatic heterocycles. The number of nitrogens with two attached hydrogens (primary N) is 1. The predicted molar refractivity (Wildman–Crippen MR) is 97.4 cm³/mol. The number of hydrogen-bond acceptors (Lipinski definition) is 4. The minimum Gasteiger partial charge on any atom is -0.436 e. The van der Waals surface area contributed by atoms with Gasteiger partial charge in [-0.25, -0.2) is 4.98 Å². The molecule has 10 heteroatoms. The van der Waals surface area contributed by atoms with Crippen LogP contribution in [0.3, 0.4) is 0 Å². The zero-order valence-electron chi connectivity index (χ0n) is 15.7. The molecule has 0 aliphatic carbocycles. The molecule has 2 aromatic carbocycles. The molecule has 3 N–H and O–H groups in total. The molecule has 3 rings (SSSR count). The summed E-state index contributed by atoms with van der Waals surface area (Å²) in [6.07, 6.45) is -8.97. The summed E-state index contributed by atoms with van der Waals surface area (Å²) in [6, 6.07) is 6.04. The summed E-state index contributed by atoms with van der Waals surface area (Å²) in [7, 11) is 0. The van der Waals surface area contributed by atoms with E-state index in [1.165, 1.54) is 6.07 Å². The van der Waals surface area contributed by atoms with Gasteiger partial charge < -0.3 is 15.3 Å². The third kappa shape index (κ3) is 4.93. The largest absolute Gasteiger partial charge is 0.436 e. The Morgan fingerprint density at radius 3 is 2.10 bits per heavy atom. The number of aliphatic hydroxyl groups excluding tert-OH is 1. The Balaban J connectivity index is 2.00. The Kier molecular flexibility index (Phi) is 5.59. The number of hydrogen-bond donors (Lipinski definition) is 2. The number of alkyl halides is 6. The average molecular weight is 432 g/mol. The molecule has 30 heavy (non-hydrogen) atoms. The Labute approximate surface area is 167 Å². The van der Waals surface area contributed by atoms with Crippen molar-refractivity contribution in [1.29, 1.82) is 0 Å². The van der Waals surface area contributed by atoms with Crippen LogP contribution in [0.2, 0.25) is 0 Å². The van der Waals surface area contributed by atoms with Crippen molar-refractivity contribution in [3.05, 3.63) is 53.1 Å². The van der Waals surface area contributed by atoms with Gasteiger partial charge in [0.25, 0.3) is 0 Å². The molecule has 3 aromatic rings. The normalized spacial score (nSPS) is 14.8. The first-order valence-corrected chi connectivity index (χ1v) is 8.88. The lowest BCUT2D eigenvalue weighted by Gasteiger charge is -2.21. The van der Waals surface area contributed by atoms with Crippen LogP contribution in [0.1, 0.15) is 30.0 Å². The third-order valence-electron chi connectivity index (χ3n) is 4.63. The molecule has 0 fully saturated rings. The van der Waals surface area contributed by atoms with Crippen LogP contribution in [0.5, 0.6) is 0 Å². The maximum Gasteiger partial charge on any atom is 0.416 e. The first-order chi connectivity index (χ1) is 13.8. The highest BCUT2D eigenvalue weighted by molar-refractivity contribution is 5.77. The van der Waals surface area contributed by atoms with E-state index < -0.39 is 34.6 Å². The molecule has 162 valence electrons. The van der Waals surface area contributed by atoms with E-state index in [0.717, 1.165) is 5.56 Å². The highest BCUT2D eigenvalue weighted by Crippen LogP contribution is 2.39. The average Bonchev–Trinajstić information content (AvgIpc) is 3.08. The van der Waals surface area contributed by atoms with Gasteiger partial charge in [-0.15, -0.1) is 0 Å². The number of fused-ring (bicyclic) bond motifs is 1. The van der Waals surface area contributed by atoms with Gasteiger partial charge in [0.2, 0.25) is 5.89 Å². The molecule has 0 saturated heterocycles. The van der Waals surface area contributed by atoms with Crippen LogP contribution in [0, 0.1) is 0 Å². The Morgan fingerprint density at radius 2 is 1.57 bits per heavy atom. The summed E-state index contributed by atoms with van der Waals surface area (Å²) in [6.45, 7) is 1.48. The zero-order valence-corrected chi connectivity index (χ0v) is 15.7. The fourth-order valence-electron chi connectivity index (χ4n) is 2.84. The van der Waals surface area contributed by atoms with Crippen LogP contribution in [-0.4, -0.2) is 22.2 Å². The van der Waals surface area contributed by atoms with E-state index in [9.17, 15) is 31.4 Å².